The molecule has 0 heterocycles. The van der Waals surface area contributed by atoms with Crippen LogP contribution in [0.15, 0.2) is 12.1 Å². The molecule has 1 aromatic rings. The van der Waals surface area contributed by atoms with Crippen molar-refractivity contribution in [3.05, 3.63) is 28.8 Å². The predicted molar refractivity (Wildman–Crippen MR) is 92.4 cm³/mol. The first-order chi connectivity index (χ1) is 10.2. The summed E-state index contributed by atoms with van der Waals surface area (Å²) < 4.78 is 0. The molecule has 4 N–H and O–H groups in total. The van der Waals surface area contributed by atoms with Gasteiger partial charge in [0, 0.05) is 22.5 Å². The normalized spacial score (nSPS) is 20.8. The van der Waals surface area contributed by atoms with Crippen molar-refractivity contribution in [1.82, 2.24) is 0 Å². The fourth-order valence-corrected chi connectivity index (χ4v) is 4.38. The highest BCUT2D eigenvalue weighted by Gasteiger charge is 2.27. The Morgan fingerprint density at radius 2 is 1.52 bits per heavy atom. The predicted octanol–water partition coefficient (Wildman–Crippen LogP) is 5.20. The number of allylic oxidation sites excluding steroid dienone is 1. The van der Waals surface area contributed by atoms with Crippen LogP contribution >= 0.6 is 0 Å². The summed E-state index contributed by atoms with van der Waals surface area (Å²) >= 11 is 0. The third-order valence-corrected chi connectivity index (χ3v) is 5.41. The average molecular weight is 284 g/mol. The third-order valence-electron chi connectivity index (χ3n) is 5.41. The van der Waals surface area contributed by atoms with Crippen LogP contribution in [0, 0.1) is 0 Å². The van der Waals surface area contributed by atoms with Crippen molar-refractivity contribution in [1.29, 1.82) is 0 Å². The second-order valence-corrected chi connectivity index (χ2v) is 6.76. The van der Waals surface area contributed by atoms with Crippen LogP contribution in [-0.2, 0) is 0 Å². The highest BCUT2D eigenvalue weighted by molar-refractivity contribution is 5.78. The molecule has 0 aliphatic heterocycles. The van der Waals surface area contributed by atoms with E-state index in [0.29, 0.717) is 11.8 Å². The second kappa shape index (κ2) is 6.13. The minimum absolute atomic E-state index is 0.576. The van der Waals surface area contributed by atoms with E-state index in [1.807, 2.05) is 0 Å². The van der Waals surface area contributed by atoms with Crippen LogP contribution in [0.3, 0.4) is 0 Å². The molecule has 21 heavy (non-hydrogen) atoms. The second-order valence-electron chi connectivity index (χ2n) is 6.76. The van der Waals surface area contributed by atoms with Crippen molar-refractivity contribution >= 4 is 17.5 Å². The summed E-state index contributed by atoms with van der Waals surface area (Å²) in [5.74, 6) is 1.23. The molecule has 114 valence electrons. The van der Waals surface area contributed by atoms with Gasteiger partial charge < -0.3 is 11.5 Å². The Balaban J connectivity index is 2.09. The molecule has 2 saturated carbocycles. The highest BCUT2D eigenvalue weighted by atomic mass is 14.6. The molecule has 0 atom stereocenters. The Bertz CT molecular complexity index is 533. The van der Waals surface area contributed by atoms with Gasteiger partial charge in [-0.05, 0) is 56.1 Å². The van der Waals surface area contributed by atoms with Crippen LogP contribution in [0.1, 0.15) is 86.8 Å². The Labute approximate surface area is 128 Å². The van der Waals surface area contributed by atoms with E-state index in [9.17, 15) is 0 Å². The maximum absolute atomic E-state index is 6.59. The number of rotatable bonds is 3. The van der Waals surface area contributed by atoms with Crippen LogP contribution in [0.4, 0.5) is 11.4 Å². The molecule has 2 nitrogen and oxygen atoms in total. The number of nitrogens with two attached hydrogens (primary N) is 2. The fourth-order valence-electron chi connectivity index (χ4n) is 4.38. The number of benzene rings is 1. The van der Waals surface area contributed by atoms with Gasteiger partial charge in [0.1, 0.15) is 0 Å². The van der Waals surface area contributed by atoms with Gasteiger partial charge in [-0.25, -0.2) is 0 Å². The molecule has 0 aromatic heterocycles. The Hall–Kier alpha value is -1.44. The smallest absolute Gasteiger partial charge is 0.0446 e. The first kappa shape index (κ1) is 14.5. The van der Waals surface area contributed by atoms with Gasteiger partial charge in [-0.15, -0.1) is 0 Å². The minimum Gasteiger partial charge on any atom is -0.398 e. The first-order valence-corrected chi connectivity index (χ1v) is 8.56. The molecule has 0 spiro atoms. The van der Waals surface area contributed by atoms with Crippen molar-refractivity contribution in [2.24, 2.45) is 0 Å². The van der Waals surface area contributed by atoms with Gasteiger partial charge in [0.15, 0.2) is 0 Å². The molecule has 2 aliphatic carbocycles. The van der Waals surface area contributed by atoms with Gasteiger partial charge in [-0.2, -0.15) is 0 Å². The maximum Gasteiger partial charge on any atom is 0.0446 e. The van der Waals surface area contributed by atoms with Crippen LogP contribution in [-0.4, -0.2) is 0 Å². The minimum atomic E-state index is 0.576. The Kier molecular flexibility index (Phi) is 4.23. The summed E-state index contributed by atoms with van der Waals surface area (Å²) in [6.07, 6.45) is 14.7. The summed E-state index contributed by atoms with van der Waals surface area (Å²) in [5, 5.41) is 0. The molecule has 2 fully saturated rings. The largest absolute Gasteiger partial charge is 0.398 e. The number of hydrogen-bond donors (Lipinski definition) is 2. The van der Waals surface area contributed by atoms with E-state index in [0.717, 1.165) is 11.4 Å². The molecule has 0 saturated heterocycles. The van der Waals surface area contributed by atoms with Crippen molar-refractivity contribution in [3.8, 4) is 0 Å². The summed E-state index contributed by atoms with van der Waals surface area (Å²) in [5.41, 5.74) is 18.8. The molecule has 2 heteroatoms. The molecule has 2 aliphatic rings. The summed E-state index contributed by atoms with van der Waals surface area (Å²) in [7, 11) is 0. The van der Waals surface area contributed by atoms with Gasteiger partial charge in [-0.3, -0.25) is 0 Å². The van der Waals surface area contributed by atoms with Crippen molar-refractivity contribution in [2.45, 2.75) is 70.1 Å². The fraction of sp³-hybridized carbons (Fsp3) is 0.579. The standard InChI is InChI=1S/C19H28N2/c1-2-7-15-16(13-8-3-4-9-13)12-17(20)18(19(15)21)14-10-5-6-11-14/h2,7,12-14H,3-6,8-11,20-21H2,1H3. The van der Waals surface area contributed by atoms with Gasteiger partial charge in [0.2, 0.25) is 0 Å². The average Bonchev–Trinajstić information content (AvgIpc) is 3.14. The van der Waals surface area contributed by atoms with E-state index >= 15 is 0 Å². The van der Waals surface area contributed by atoms with Crippen LogP contribution in [0.5, 0.6) is 0 Å². The topological polar surface area (TPSA) is 52.0 Å². The molecule has 0 amide bonds. The SMILES string of the molecule is CC=Cc1c(C2CCCC2)cc(N)c(C2CCCC2)c1N. The van der Waals surface area contributed by atoms with Gasteiger partial charge in [0.05, 0.1) is 0 Å². The summed E-state index contributed by atoms with van der Waals surface area (Å²) in [6, 6.07) is 2.25. The van der Waals surface area contributed by atoms with Gasteiger partial charge in [0.25, 0.3) is 0 Å². The maximum atomic E-state index is 6.59. The lowest BCUT2D eigenvalue weighted by atomic mass is 9.85. The zero-order valence-corrected chi connectivity index (χ0v) is 13.2. The van der Waals surface area contributed by atoms with E-state index in [-0.39, 0.29) is 0 Å². The number of anilines is 2. The lowest BCUT2D eigenvalue weighted by Crippen LogP contribution is -2.10. The van der Waals surface area contributed by atoms with Crippen LogP contribution in [0.2, 0.25) is 0 Å². The van der Waals surface area contributed by atoms with Crippen LogP contribution in [0.25, 0.3) is 6.08 Å². The Morgan fingerprint density at radius 3 is 2.10 bits per heavy atom. The molecule has 3 rings (SSSR count). The van der Waals surface area contributed by atoms with E-state index in [1.54, 1.807) is 0 Å². The molecule has 0 bridgehead atoms. The molecular weight excluding hydrogens is 256 g/mol. The molecular formula is C19H28N2. The van der Waals surface area contributed by atoms with Crippen LogP contribution < -0.4 is 11.5 Å². The molecule has 0 unspecified atom stereocenters. The zero-order valence-electron chi connectivity index (χ0n) is 13.2. The van der Waals surface area contributed by atoms with E-state index in [1.165, 1.54) is 68.1 Å². The lowest BCUT2D eigenvalue weighted by molar-refractivity contribution is 0.711. The highest BCUT2D eigenvalue weighted by Crippen LogP contribution is 2.46. The van der Waals surface area contributed by atoms with Gasteiger partial charge >= 0.3 is 0 Å². The van der Waals surface area contributed by atoms with Gasteiger partial charge in [-0.1, -0.05) is 37.8 Å². The zero-order chi connectivity index (χ0) is 14.8. The van der Waals surface area contributed by atoms with E-state index < -0.39 is 0 Å². The number of nitrogen functional groups attached to an aromatic ring is 2. The summed E-state index contributed by atoms with van der Waals surface area (Å²) in [4.78, 5) is 0. The van der Waals surface area contributed by atoms with Crippen molar-refractivity contribution in [3.63, 3.8) is 0 Å². The lowest BCUT2D eigenvalue weighted by Gasteiger charge is -2.23. The molecule has 1 aromatic carbocycles. The van der Waals surface area contributed by atoms with Crippen molar-refractivity contribution < 1.29 is 0 Å². The number of hydrogen-bond acceptors (Lipinski definition) is 2. The monoisotopic (exact) mass is 284 g/mol. The summed E-state index contributed by atoms with van der Waals surface area (Å²) in [6.45, 7) is 2.07. The molecule has 0 radical (unpaired) electrons. The first-order valence-electron chi connectivity index (χ1n) is 8.56. The Morgan fingerprint density at radius 1 is 0.952 bits per heavy atom. The van der Waals surface area contributed by atoms with Crippen molar-refractivity contribution in [2.75, 3.05) is 11.5 Å². The van der Waals surface area contributed by atoms with E-state index in [2.05, 4.69) is 25.1 Å². The quantitative estimate of drug-likeness (QED) is 0.749. The van der Waals surface area contributed by atoms with E-state index in [4.69, 9.17) is 11.5 Å². The third kappa shape index (κ3) is 2.68.